The first-order valence-corrected chi connectivity index (χ1v) is 6.66. The molecule has 0 atom stereocenters. The summed E-state index contributed by atoms with van der Waals surface area (Å²) in [7, 11) is 2.11. The van der Waals surface area contributed by atoms with Gasteiger partial charge in [-0.05, 0) is 7.05 Å². The zero-order chi connectivity index (χ0) is 14.7. The van der Waals surface area contributed by atoms with Gasteiger partial charge in [0.1, 0.15) is 6.33 Å². The van der Waals surface area contributed by atoms with Gasteiger partial charge < -0.3 is 4.90 Å². The van der Waals surface area contributed by atoms with Crippen LogP contribution in [0.3, 0.4) is 0 Å². The van der Waals surface area contributed by atoms with Crippen LogP contribution in [-0.4, -0.2) is 67.6 Å². The maximum absolute atomic E-state index is 5.42. The van der Waals surface area contributed by atoms with Crippen LogP contribution in [0.25, 0.3) is 5.95 Å². The van der Waals surface area contributed by atoms with Gasteiger partial charge in [-0.2, -0.15) is 15.0 Å². The average molecular weight is 290 g/mol. The van der Waals surface area contributed by atoms with E-state index in [1.54, 1.807) is 23.3 Å². The Morgan fingerprint density at radius 1 is 1.10 bits per heavy atom. The highest BCUT2D eigenvalue weighted by molar-refractivity contribution is 5.36. The first-order valence-electron chi connectivity index (χ1n) is 6.66. The average Bonchev–Trinajstić information content (AvgIpc) is 3.04. The number of anilines is 2. The van der Waals surface area contributed by atoms with Gasteiger partial charge >= 0.3 is 0 Å². The SMILES string of the molecule is CN1CCN(Nc2nc(NN)nc(-n3ccnc3)n2)CC1. The number of hydrazine groups is 2. The molecule has 0 aromatic carbocycles. The van der Waals surface area contributed by atoms with Crippen LogP contribution in [0.1, 0.15) is 0 Å². The lowest BCUT2D eigenvalue weighted by molar-refractivity contribution is 0.178. The van der Waals surface area contributed by atoms with Crippen LogP contribution in [0.15, 0.2) is 18.7 Å². The predicted octanol–water partition coefficient (Wildman–Crippen LogP) is -1.08. The van der Waals surface area contributed by atoms with Crippen molar-refractivity contribution in [2.75, 3.05) is 44.1 Å². The number of nitrogen functional groups attached to an aromatic ring is 1. The molecular weight excluding hydrogens is 272 g/mol. The Bertz CT molecular complexity index is 575. The Labute approximate surface area is 122 Å². The van der Waals surface area contributed by atoms with Crippen LogP contribution in [0.4, 0.5) is 11.9 Å². The van der Waals surface area contributed by atoms with Gasteiger partial charge in [0.05, 0.1) is 0 Å². The van der Waals surface area contributed by atoms with Crippen molar-refractivity contribution in [2.24, 2.45) is 5.84 Å². The summed E-state index contributed by atoms with van der Waals surface area (Å²) in [6.07, 6.45) is 5.04. The van der Waals surface area contributed by atoms with Crippen LogP contribution in [0.5, 0.6) is 0 Å². The molecule has 0 spiro atoms. The summed E-state index contributed by atoms with van der Waals surface area (Å²) in [4.78, 5) is 19.0. The highest BCUT2D eigenvalue weighted by Gasteiger charge is 2.15. The molecule has 1 fully saturated rings. The normalized spacial score (nSPS) is 16.9. The molecule has 1 aliphatic heterocycles. The summed E-state index contributed by atoms with van der Waals surface area (Å²) in [5, 5.41) is 2.08. The quantitative estimate of drug-likeness (QED) is 0.478. The minimum Gasteiger partial charge on any atom is -0.304 e. The van der Waals surface area contributed by atoms with E-state index in [2.05, 4.69) is 47.7 Å². The molecule has 2 aromatic rings. The van der Waals surface area contributed by atoms with E-state index in [9.17, 15) is 0 Å². The van der Waals surface area contributed by atoms with Crippen LogP contribution in [0.2, 0.25) is 0 Å². The Balaban J connectivity index is 1.79. The van der Waals surface area contributed by atoms with Gasteiger partial charge in [-0.25, -0.2) is 15.8 Å². The molecular formula is C11H18N10. The molecule has 0 bridgehead atoms. The number of nitrogens with zero attached hydrogens (tertiary/aromatic N) is 7. The van der Waals surface area contributed by atoms with Gasteiger partial charge in [-0.1, -0.05) is 0 Å². The van der Waals surface area contributed by atoms with E-state index >= 15 is 0 Å². The lowest BCUT2D eigenvalue weighted by atomic mass is 10.4. The summed E-state index contributed by atoms with van der Waals surface area (Å²) >= 11 is 0. The number of piperazine rings is 1. The van der Waals surface area contributed by atoms with E-state index in [1.165, 1.54) is 0 Å². The number of likely N-dealkylation sites (N-methyl/N-ethyl adjacent to an activating group) is 1. The Morgan fingerprint density at radius 2 is 1.86 bits per heavy atom. The highest BCUT2D eigenvalue weighted by atomic mass is 15.6. The molecule has 10 heteroatoms. The van der Waals surface area contributed by atoms with E-state index in [4.69, 9.17) is 5.84 Å². The third kappa shape index (κ3) is 3.24. The third-order valence-corrected chi connectivity index (χ3v) is 3.25. The lowest BCUT2D eigenvalue weighted by Gasteiger charge is -2.32. The van der Waals surface area contributed by atoms with Crippen molar-refractivity contribution in [3.63, 3.8) is 0 Å². The van der Waals surface area contributed by atoms with E-state index in [1.807, 2.05) is 0 Å². The predicted molar refractivity (Wildman–Crippen MR) is 77.5 cm³/mol. The zero-order valence-electron chi connectivity index (χ0n) is 11.8. The second-order valence-electron chi connectivity index (χ2n) is 4.80. The van der Waals surface area contributed by atoms with Gasteiger partial charge in [0.25, 0.3) is 0 Å². The van der Waals surface area contributed by atoms with Crippen molar-refractivity contribution >= 4 is 11.9 Å². The van der Waals surface area contributed by atoms with Gasteiger partial charge in [-0.15, -0.1) is 0 Å². The van der Waals surface area contributed by atoms with Gasteiger partial charge in [0.2, 0.25) is 17.8 Å². The van der Waals surface area contributed by atoms with E-state index in [-0.39, 0.29) is 0 Å². The number of hydrogen-bond acceptors (Lipinski definition) is 9. The molecule has 1 aliphatic rings. The molecule has 0 amide bonds. The second kappa shape index (κ2) is 5.99. The molecule has 0 saturated carbocycles. The molecule has 21 heavy (non-hydrogen) atoms. The highest BCUT2D eigenvalue weighted by Crippen LogP contribution is 2.10. The van der Waals surface area contributed by atoms with Crippen molar-refractivity contribution in [1.82, 2.24) is 34.4 Å². The number of aromatic nitrogens is 5. The fourth-order valence-corrected chi connectivity index (χ4v) is 2.03. The standard InChI is InChI=1S/C11H18N10/c1-19-4-6-21(7-5-19)18-10-14-9(17-12)15-11(16-10)20-3-2-13-8-20/h2-3,8H,4-7,12H2,1H3,(H2,14,15,16,17,18). The van der Waals surface area contributed by atoms with Gasteiger partial charge in [-0.3, -0.25) is 15.4 Å². The first-order chi connectivity index (χ1) is 10.2. The molecule has 2 aromatic heterocycles. The summed E-state index contributed by atoms with van der Waals surface area (Å²) in [6.45, 7) is 3.78. The molecule has 112 valence electrons. The Kier molecular flexibility index (Phi) is 3.90. The second-order valence-corrected chi connectivity index (χ2v) is 4.80. The molecule has 0 unspecified atom stereocenters. The van der Waals surface area contributed by atoms with Crippen LogP contribution >= 0.6 is 0 Å². The molecule has 1 saturated heterocycles. The van der Waals surface area contributed by atoms with Crippen molar-refractivity contribution in [3.8, 4) is 5.95 Å². The third-order valence-electron chi connectivity index (χ3n) is 3.25. The fraction of sp³-hybridized carbons (Fsp3) is 0.455. The first kappa shape index (κ1) is 13.7. The molecule has 0 aliphatic carbocycles. The molecule has 3 rings (SSSR count). The molecule has 3 heterocycles. The van der Waals surface area contributed by atoms with Crippen LogP contribution in [-0.2, 0) is 0 Å². The smallest absolute Gasteiger partial charge is 0.244 e. The van der Waals surface area contributed by atoms with E-state index in [0.717, 1.165) is 26.2 Å². The minimum absolute atomic E-state index is 0.297. The van der Waals surface area contributed by atoms with E-state index < -0.39 is 0 Å². The monoisotopic (exact) mass is 290 g/mol. The molecule has 10 nitrogen and oxygen atoms in total. The topological polar surface area (TPSA) is 113 Å². The maximum atomic E-state index is 5.42. The largest absolute Gasteiger partial charge is 0.304 e. The molecule has 0 radical (unpaired) electrons. The van der Waals surface area contributed by atoms with Crippen LogP contribution < -0.4 is 16.7 Å². The number of imidazole rings is 1. The summed E-state index contributed by atoms with van der Waals surface area (Å²) in [6, 6.07) is 0. The maximum Gasteiger partial charge on any atom is 0.244 e. The summed E-state index contributed by atoms with van der Waals surface area (Å²) in [5.41, 5.74) is 5.64. The number of nitrogens with one attached hydrogen (secondary N) is 2. The van der Waals surface area contributed by atoms with Crippen molar-refractivity contribution in [3.05, 3.63) is 18.7 Å². The van der Waals surface area contributed by atoms with Crippen molar-refractivity contribution < 1.29 is 0 Å². The molecule has 4 N–H and O–H groups in total. The minimum atomic E-state index is 0.297. The lowest BCUT2D eigenvalue weighted by Crippen LogP contribution is -2.47. The Morgan fingerprint density at radius 3 is 2.52 bits per heavy atom. The van der Waals surface area contributed by atoms with E-state index in [0.29, 0.717) is 17.8 Å². The van der Waals surface area contributed by atoms with Gasteiger partial charge in [0, 0.05) is 38.6 Å². The van der Waals surface area contributed by atoms with Crippen LogP contribution in [0, 0.1) is 0 Å². The summed E-state index contributed by atoms with van der Waals surface area (Å²) in [5.74, 6) is 6.61. The summed E-state index contributed by atoms with van der Waals surface area (Å²) < 4.78 is 1.69. The number of rotatable bonds is 4. The Hall–Kier alpha value is -2.30. The number of hydrogen-bond donors (Lipinski definition) is 3. The van der Waals surface area contributed by atoms with Crippen molar-refractivity contribution in [1.29, 1.82) is 0 Å². The zero-order valence-corrected chi connectivity index (χ0v) is 11.8. The van der Waals surface area contributed by atoms with Gasteiger partial charge in [0.15, 0.2) is 0 Å². The van der Waals surface area contributed by atoms with Crippen molar-refractivity contribution in [2.45, 2.75) is 0 Å². The fourth-order valence-electron chi connectivity index (χ4n) is 2.03. The number of nitrogens with two attached hydrogens (primary N) is 1.